The van der Waals surface area contributed by atoms with Crippen LogP contribution >= 0.6 is 31.9 Å². The highest BCUT2D eigenvalue weighted by molar-refractivity contribution is 9.10. The maximum Gasteiger partial charge on any atom is 0.133 e. The van der Waals surface area contributed by atoms with E-state index in [2.05, 4.69) is 50.9 Å². The average Bonchev–Trinajstić information content (AvgIpc) is 2.38. The molecule has 1 saturated carbocycles. The third kappa shape index (κ3) is 4.22. The number of hydrogen-bond donors (Lipinski definition) is 0. The Balaban J connectivity index is 1.87. The molecule has 20 heavy (non-hydrogen) atoms. The summed E-state index contributed by atoms with van der Waals surface area (Å²) in [5.74, 6) is 1.69. The maximum atomic E-state index is 5.62. The van der Waals surface area contributed by atoms with Gasteiger partial charge >= 0.3 is 0 Å². The molecule has 2 nitrogen and oxygen atoms in total. The lowest BCUT2D eigenvalue weighted by Gasteiger charge is -2.36. The Labute approximate surface area is 138 Å². The van der Waals surface area contributed by atoms with E-state index in [-0.39, 0.29) is 0 Å². The fourth-order valence-corrected chi connectivity index (χ4v) is 3.98. The minimum atomic E-state index is 0.405. The van der Waals surface area contributed by atoms with E-state index >= 15 is 0 Å². The molecule has 1 aliphatic carbocycles. The van der Waals surface area contributed by atoms with Crippen LogP contribution in [0.1, 0.15) is 43.5 Å². The van der Waals surface area contributed by atoms with Crippen LogP contribution in [0.4, 0.5) is 0 Å². The highest BCUT2D eigenvalue weighted by Crippen LogP contribution is 2.41. The minimum Gasteiger partial charge on any atom is -0.493 e. The van der Waals surface area contributed by atoms with Crippen molar-refractivity contribution >= 4 is 31.9 Å². The summed E-state index contributed by atoms with van der Waals surface area (Å²) in [6, 6.07) is 6.35. The van der Waals surface area contributed by atoms with Gasteiger partial charge < -0.3 is 9.47 Å². The van der Waals surface area contributed by atoms with E-state index in [9.17, 15) is 0 Å². The molecule has 0 radical (unpaired) electrons. The van der Waals surface area contributed by atoms with Crippen LogP contribution in [0.15, 0.2) is 22.7 Å². The molecule has 1 unspecified atom stereocenters. The Morgan fingerprint density at radius 2 is 2.00 bits per heavy atom. The summed E-state index contributed by atoms with van der Waals surface area (Å²) in [7, 11) is 0. The first kappa shape index (κ1) is 16.3. The van der Waals surface area contributed by atoms with Gasteiger partial charge in [-0.15, -0.1) is 0 Å². The Hall–Kier alpha value is -0.0600. The summed E-state index contributed by atoms with van der Waals surface area (Å²) in [6.45, 7) is 5.59. The summed E-state index contributed by atoms with van der Waals surface area (Å²) in [5, 5.41) is 0. The summed E-state index contributed by atoms with van der Waals surface area (Å²) in [4.78, 5) is 0.405. The van der Waals surface area contributed by atoms with Crippen LogP contribution in [0.2, 0.25) is 0 Å². The van der Waals surface area contributed by atoms with Crippen LogP contribution in [-0.2, 0) is 4.74 Å². The van der Waals surface area contributed by atoms with Crippen molar-refractivity contribution in [3.63, 3.8) is 0 Å². The van der Waals surface area contributed by atoms with Gasteiger partial charge in [-0.25, -0.2) is 0 Å². The van der Waals surface area contributed by atoms with Gasteiger partial charge in [-0.3, -0.25) is 0 Å². The molecule has 0 bridgehead atoms. The van der Waals surface area contributed by atoms with Crippen LogP contribution in [0.5, 0.6) is 5.75 Å². The van der Waals surface area contributed by atoms with Crippen LogP contribution in [0, 0.1) is 5.92 Å². The van der Waals surface area contributed by atoms with Gasteiger partial charge in [0.15, 0.2) is 0 Å². The molecule has 0 aromatic heterocycles. The van der Waals surface area contributed by atoms with Crippen molar-refractivity contribution in [3.05, 3.63) is 28.2 Å². The van der Waals surface area contributed by atoms with E-state index in [0.29, 0.717) is 17.5 Å². The molecule has 2 rings (SSSR count). The largest absolute Gasteiger partial charge is 0.493 e. The third-order valence-corrected chi connectivity index (χ3v) is 5.27. The van der Waals surface area contributed by atoms with Crippen molar-refractivity contribution in [1.82, 2.24) is 0 Å². The molecule has 1 aromatic rings. The van der Waals surface area contributed by atoms with E-state index in [1.807, 2.05) is 13.0 Å². The summed E-state index contributed by atoms with van der Waals surface area (Å²) < 4.78 is 12.2. The topological polar surface area (TPSA) is 18.5 Å². The Morgan fingerprint density at radius 1 is 1.25 bits per heavy atom. The predicted molar refractivity (Wildman–Crippen MR) is 89.7 cm³/mol. The second-order valence-electron chi connectivity index (χ2n) is 5.24. The first-order valence-electron chi connectivity index (χ1n) is 7.31. The Kier molecular flexibility index (Phi) is 6.37. The smallest absolute Gasteiger partial charge is 0.133 e. The molecule has 1 atom stereocenters. The first-order valence-corrected chi connectivity index (χ1v) is 9.02. The molecule has 4 heteroatoms. The monoisotopic (exact) mass is 404 g/mol. The zero-order valence-corrected chi connectivity index (χ0v) is 15.2. The van der Waals surface area contributed by atoms with Gasteiger partial charge in [-0.05, 0) is 72.7 Å². The fourth-order valence-electron chi connectivity index (χ4n) is 2.65. The number of halogens is 2. The Morgan fingerprint density at radius 3 is 2.60 bits per heavy atom. The van der Waals surface area contributed by atoms with Gasteiger partial charge in [0.2, 0.25) is 0 Å². The third-order valence-electron chi connectivity index (χ3n) is 3.75. The van der Waals surface area contributed by atoms with Gasteiger partial charge in [0, 0.05) is 11.4 Å². The van der Waals surface area contributed by atoms with Gasteiger partial charge in [0.25, 0.3) is 0 Å². The lowest BCUT2D eigenvalue weighted by Crippen LogP contribution is -2.31. The highest BCUT2D eigenvalue weighted by atomic mass is 79.9. The number of alkyl halides is 1. The number of hydrogen-bond acceptors (Lipinski definition) is 2. The van der Waals surface area contributed by atoms with Crippen molar-refractivity contribution in [2.75, 3.05) is 13.2 Å². The highest BCUT2D eigenvalue weighted by Gasteiger charge is 2.31. The molecule has 1 aliphatic rings. The molecule has 1 fully saturated rings. The van der Waals surface area contributed by atoms with Gasteiger partial charge in [0.05, 0.1) is 17.2 Å². The molecule has 1 aromatic carbocycles. The Bertz CT molecular complexity index is 430. The maximum absolute atomic E-state index is 5.62. The lowest BCUT2D eigenvalue weighted by molar-refractivity contribution is -0.0264. The molecular weight excluding hydrogens is 384 g/mol. The number of benzene rings is 1. The number of ether oxygens (including phenoxy) is 2. The number of rotatable bonds is 7. The van der Waals surface area contributed by atoms with Crippen LogP contribution in [-0.4, -0.2) is 19.3 Å². The van der Waals surface area contributed by atoms with Gasteiger partial charge in [-0.1, -0.05) is 22.0 Å². The summed E-state index contributed by atoms with van der Waals surface area (Å²) in [6.07, 6.45) is 4.07. The van der Waals surface area contributed by atoms with Crippen molar-refractivity contribution in [3.8, 4) is 5.75 Å². The molecule has 0 spiro atoms. The van der Waals surface area contributed by atoms with E-state index < -0.39 is 0 Å². The van der Waals surface area contributed by atoms with Crippen LogP contribution in [0.25, 0.3) is 0 Å². The van der Waals surface area contributed by atoms with Crippen molar-refractivity contribution in [1.29, 1.82) is 0 Å². The van der Waals surface area contributed by atoms with Crippen molar-refractivity contribution in [2.45, 2.75) is 44.0 Å². The predicted octanol–water partition coefficient (Wildman–Crippen LogP) is 5.49. The molecule has 0 heterocycles. The molecule has 0 amide bonds. The summed E-state index contributed by atoms with van der Waals surface area (Å²) >= 11 is 7.39. The molecule has 0 saturated heterocycles. The van der Waals surface area contributed by atoms with Gasteiger partial charge in [-0.2, -0.15) is 0 Å². The second-order valence-corrected chi connectivity index (χ2v) is 7.20. The van der Waals surface area contributed by atoms with E-state index in [1.165, 1.54) is 24.8 Å². The van der Waals surface area contributed by atoms with Crippen molar-refractivity contribution < 1.29 is 9.47 Å². The SMILES string of the molecule is CCOc1ccc(C(Br)CC2CC(OCC)C2)cc1Br. The quantitative estimate of drug-likeness (QED) is 0.558. The van der Waals surface area contributed by atoms with E-state index in [4.69, 9.17) is 9.47 Å². The van der Waals surface area contributed by atoms with E-state index in [1.54, 1.807) is 0 Å². The van der Waals surface area contributed by atoms with Crippen molar-refractivity contribution in [2.24, 2.45) is 5.92 Å². The normalized spacial score (nSPS) is 23.2. The van der Waals surface area contributed by atoms with E-state index in [0.717, 1.165) is 22.7 Å². The van der Waals surface area contributed by atoms with Crippen LogP contribution in [0.3, 0.4) is 0 Å². The lowest BCUT2D eigenvalue weighted by atomic mass is 9.78. The minimum absolute atomic E-state index is 0.405. The molecular formula is C16H22Br2O2. The zero-order chi connectivity index (χ0) is 14.5. The fraction of sp³-hybridized carbons (Fsp3) is 0.625. The standard InChI is InChI=1S/C16H22Br2O2/c1-3-19-13-7-11(8-13)9-14(17)12-5-6-16(20-4-2)15(18)10-12/h5-6,10-11,13-14H,3-4,7-9H2,1-2H3. The summed E-state index contributed by atoms with van der Waals surface area (Å²) in [5.41, 5.74) is 1.31. The zero-order valence-electron chi connectivity index (χ0n) is 12.1. The molecule has 112 valence electrons. The molecule has 0 aliphatic heterocycles. The molecule has 0 N–H and O–H groups in total. The average molecular weight is 406 g/mol. The van der Waals surface area contributed by atoms with Gasteiger partial charge in [0.1, 0.15) is 5.75 Å². The first-order chi connectivity index (χ1) is 9.63. The second kappa shape index (κ2) is 7.81. The van der Waals surface area contributed by atoms with Crippen LogP contribution < -0.4 is 4.74 Å².